The molecule has 6 heteroatoms. The number of carbonyl (C=O) groups excluding carboxylic acids is 1. The molecule has 1 amide bonds. The van der Waals surface area contributed by atoms with Crippen LogP contribution >= 0.6 is 0 Å². The van der Waals surface area contributed by atoms with Crippen molar-refractivity contribution in [3.63, 3.8) is 0 Å². The van der Waals surface area contributed by atoms with E-state index in [4.69, 9.17) is 4.74 Å². The Morgan fingerprint density at radius 2 is 2.00 bits per heavy atom. The highest BCUT2D eigenvalue weighted by molar-refractivity contribution is 5.94. The lowest BCUT2D eigenvalue weighted by molar-refractivity contribution is 0.0600. The third-order valence-electron chi connectivity index (χ3n) is 4.88. The van der Waals surface area contributed by atoms with Gasteiger partial charge in [-0.2, -0.15) is 5.10 Å². The average molecular weight is 326 g/mol. The van der Waals surface area contributed by atoms with E-state index < -0.39 is 0 Å². The number of H-pyrrole nitrogens is 1. The molecule has 0 bridgehead atoms. The minimum Gasteiger partial charge on any atom is -0.497 e. The molecular weight excluding hydrogens is 304 g/mol. The van der Waals surface area contributed by atoms with Crippen LogP contribution in [0.15, 0.2) is 24.3 Å². The van der Waals surface area contributed by atoms with Gasteiger partial charge in [0.2, 0.25) is 0 Å². The molecule has 6 nitrogen and oxygen atoms in total. The van der Waals surface area contributed by atoms with Gasteiger partial charge < -0.3 is 9.64 Å². The number of nitrogens with zero attached hydrogens (tertiary/aromatic N) is 3. The molecule has 1 aromatic heterocycles. The molecule has 1 aliphatic heterocycles. The Labute approximate surface area is 141 Å². The maximum Gasteiger partial charge on any atom is 0.254 e. The number of nitrogens with one attached hydrogen (secondary N) is 1. The van der Waals surface area contributed by atoms with Gasteiger partial charge in [-0.3, -0.25) is 9.89 Å². The highest BCUT2D eigenvalue weighted by Crippen LogP contribution is 2.39. The zero-order chi connectivity index (χ0) is 16.5. The molecule has 1 saturated carbocycles. The fourth-order valence-corrected chi connectivity index (χ4v) is 3.32. The highest BCUT2D eigenvalue weighted by Gasteiger charge is 2.33. The predicted molar refractivity (Wildman–Crippen MR) is 89.0 cm³/mol. The molecule has 126 valence electrons. The van der Waals surface area contributed by atoms with Crippen LogP contribution in [0.5, 0.6) is 5.75 Å². The molecule has 1 aliphatic carbocycles. The molecule has 1 saturated heterocycles. The molecule has 1 unspecified atom stereocenters. The summed E-state index contributed by atoms with van der Waals surface area (Å²) in [6, 6.07) is 7.29. The first-order valence-electron chi connectivity index (χ1n) is 8.63. The number of hydrogen-bond donors (Lipinski definition) is 1. The summed E-state index contributed by atoms with van der Waals surface area (Å²) in [6.45, 7) is 0.759. The first kappa shape index (κ1) is 15.2. The van der Waals surface area contributed by atoms with Crippen LogP contribution in [0.1, 0.15) is 66.1 Å². The van der Waals surface area contributed by atoms with Crippen molar-refractivity contribution in [2.45, 2.75) is 44.1 Å². The fraction of sp³-hybridized carbons (Fsp3) is 0.500. The van der Waals surface area contributed by atoms with Gasteiger partial charge in [0.1, 0.15) is 11.6 Å². The maximum atomic E-state index is 13.0. The fourth-order valence-electron chi connectivity index (χ4n) is 3.32. The Balaban J connectivity index is 1.56. The van der Waals surface area contributed by atoms with Crippen LogP contribution in [0, 0.1) is 0 Å². The number of piperidine rings is 1. The first-order chi connectivity index (χ1) is 11.8. The van der Waals surface area contributed by atoms with Crippen molar-refractivity contribution < 1.29 is 9.53 Å². The largest absolute Gasteiger partial charge is 0.497 e. The Bertz CT molecular complexity index is 721. The van der Waals surface area contributed by atoms with E-state index in [1.807, 2.05) is 29.2 Å². The second kappa shape index (κ2) is 6.26. The van der Waals surface area contributed by atoms with Crippen LogP contribution in [0.3, 0.4) is 0 Å². The smallest absolute Gasteiger partial charge is 0.254 e. The van der Waals surface area contributed by atoms with Crippen molar-refractivity contribution in [2.24, 2.45) is 0 Å². The van der Waals surface area contributed by atoms with Crippen molar-refractivity contribution in [3.8, 4) is 5.75 Å². The van der Waals surface area contributed by atoms with Crippen LogP contribution < -0.4 is 4.74 Å². The topological polar surface area (TPSA) is 71.1 Å². The lowest BCUT2D eigenvalue weighted by Crippen LogP contribution is -2.39. The van der Waals surface area contributed by atoms with E-state index in [1.165, 1.54) is 12.8 Å². The molecule has 2 heterocycles. The van der Waals surface area contributed by atoms with Crippen molar-refractivity contribution in [2.75, 3.05) is 13.7 Å². The van der Waals surface area contributed by atoms with Crippen LogP contribution in [0.25, 0.3) is 0 Å². The molecular formula is C18H22N4O2. The van der Waals surface area contributed by atoms with Crippen LogP contribution in [0.4, 0.5) is 0 Å². The Morgan fingerprint density at radius 3 is 2.71 bits per heavy atom. The molecule has 0 spiro atoms. The van der Waals surface area contributed by atoms with E-state index in [0.717, 1.165) is 43.2 Å². The third kappa shape index (κ3) is 2.88. The molecule has 1 N–H and O–H groups in total. The Morgan fingerprint density at radius 1 is 1.21 bits per heavy atom. The van der Waals surface area contributed by atoms with Gasteiger partial charge in [-0.1, -0.05) is 0 Å². The van der Waals surface area contributed by atoms with Gasteiger partial charge in [-0.15, -0.1) is 0 Å². The van der Waals surface area contributed by atoms with Gasteiger partial charge in [0.15, 0.2) is 5.82 Å². The van der Waals surface area contributed by atoms with Crippen molar-refractivity contribution in [3.05, 3.63) is 41.5 Å². The molecule has 0 radical (unpaired) electrons. The van der Waals surface area contributed by atoms with E-state index >= 15 is 0 Å². The SMILES string of the molecule is COc1ccc(C(=O)N2CCCCC2c2nc(C3CC3)n[nH]2)cc1. The second-order valence-corrected chi connectivity index (χ2v) is 6.59. The van der Waals surface area contributed by atoms with E-state index in [1.54, 1.807) is 7.11 Å². The lowest BCUT2D eigenvalue weighted by atomic mass is 10.00. The average Bonchev–Trinajstić information content (AvgIpc) is 3.38. The summed E-state index contributed by atoms with van der Waals surface area (Å²) in [4.78, 5) is 19.6. The summed E-state index contributed by atoms with van der Waals surface area (Å²) in [7, 11) is 1.62. The van der Waals surface area contributed by atoms with Crippen LogP contribution in [-0.4, -0.2) is 39.6 Å². The summed E-state index contributed by atoms with van der Waals surface area (Å²) < 4.78 is 5.17. The predicted octanol–water partition coefficient (Wildman–Crippen LogP) is 3.06. The summed E-state index contributed by atoms with van der Waals surface area (Å²) in [5.41, 5.74) is 0.685. The molecule has 4 rings (SSSR count). The third-order valence-corrected chi connectivity index (χ3v) is 4.88. The number of aromatic amines is 1. The highest BCUT2D eigenvalue weighted by atomic mass is 16.5. The number of likely N-dealkylation sites (tertiary alicyclic amines) is 1. The summed E-state index contributed by atoms with van der Waals surface area (Å²) in [5, 5.41) is 7.43. The minimum absolute atomic E-state index is 0.00616. The van der Waals surface area contributed by atoms with Gasteiger partial charge in [0, 0.05) is 18.0 Å². The number of aromatic nitrogens is 3. The summed E-state index contributed by atoms with van der Waals surface area (Å²) in [6.07, 6.45) is 5.42. The zero-order valence-electron chi connectivity index (χ0n) is 13.9. The van der Waals surface area contributed by atoms with Crippen LogP contribution in [-0.2, 0) is 0 Å². The molecule has 1 aromatic carbocycles. The monoisotopic (exact) mass is 326 g/mol. The second-order valence-electron chi connectivity index (χ2n) is 6.59. The number of methoxy groups -OCH3 is 1. The zero-order valence-corrected chi connectivity index (χ0v) is 13.9. The van der Waals surface area contributed by atoms with E-state index in [-0.39, 0.29) is 11.9 Å². The number of ether oxygens (including phenoxy) is 1. The lowest BCUT2D eigenvalue weighted by Gasteiger charge is -2.34. The van der Waals surface area contributed by atoms with E-state index in [9.17, 15) is 4.79 Å². The van der Waals surface area contributed by atoms with Gasteiger partial charge in [0.05, 0.1) is 13.2 Å². The molecule has 2 aromatic rings. The van der Waals surface area contributed by atoms with Gasteiger partial charge >= 0.3 is 0 Å². The van der Waals surface area contributed by atoms with Gasteiger partial charge in [-0.05, 0) is 56.4 Å². The van der Waals surface area contributed by atoms with Gasteiger partial charge in [-0.25, -0.2) is 4.98 Å². The molecule has 1 atom stereocenters. The summed E-state index contributed by atoms with van der Waals surface area (Å²) >= 11 is 0. The molecule has 2 aliphatic rings. The summed E-state index contributed by atoms with van der Waals surface area (Å²) in [5.74, 6) is 3.06. The molecule has 2 fully saturated rings. The molecule has 24 heavy (non-hydrogen) atoms. The Kier molecular flexibility index (Phi) is 3.96. The Hall–Kier alpha value is -2.37. The van der Waals surface area contributed by atoms with E-state index in [2.05, 4.69) is 15.2 Å². The van der Waals surface area contributed by atoms with E-state index in [0.29, 0.717) is 11.5 Å². The minimum atomic E-state index is -0.00616. The number of hydrogen-bond acceptors (Lipinski definition) is 4. The number of carbonyl (C=O) groups is 1. The number of rotatable bonds is 4. The van der Waals surface area contributed by atoms with Crippen molar-refractivity contribution in [1.29, 1.82) is 0 Å². The number of benzene rings is 1. The normalized spacial score (nSPS) is 20.9. The first-order valence-corrected chi connectivity index (χ1v) is 8.63. The van der Waals surface area contributed by atoms with Crippen LogP contribution in [0.2, 0.25) is 0 Å². The maximum absolute atomic E-state index is 13.0. The van der Waals surface area contributed by atoms with Gasteiger partial charge in [0.25, 0.3) is 5.91 Å². The standard InChI is InChI=1S/C18H22N4O2/c1-24-14-9-7-13(8-10-14)18(23)22-11-3-2-4-15(22)17-19-16(20-21-17)12-5-6-12/h7-10,12,15H,2-6,11H2,1H3,(H,19,20,21). The van der Waals surface area contributed by atoms with Crippen molar-refractivity contribution in [1.82, 2.24) is 20.1 Å². The quantitative estimate of drug-likeness (QED) is 0.937. The van der Waals surface area contributed by atoms with Crippen molar-refractivity contribution >= 4 is 5.91 Å². The number of amides is 1.